The van der Waals surface area contributed by atoms with Crippen LogP contribution in [0.1, 0.15) is 0 Å². The summed E-state index contributed by atoms with van der Waals surface area (Å²) in [5, 5.41) is 6.10. The van der Waals surface area contributed by atoms with Gasteiger partial charge in [0.1, 0.15) is 11.3 Å². The van der Waals surface area contributed by atoms with E-state index in [1.54, 1.807) is 0 Å². The summed E-state index contributed by atoms with van der Waals surface area (Å²) in [5.74, 6) is 0.857. The molecule has 0 radical (unpaired) electrons. The smallest absolute Gasteiger partial charge is 0.136 e. The monoisotopic (exact) mass is 841 g/mol. The number of benzene rings is 11. The predicted molar refractivity (Wildman–Crippen MR) is 279 cm³/mol. The Bertz CT molecular complexity index is 3620. The van der Waals surface area contributed by atoms with Crippen LogP contribution in [0, 0.1) is 0 Å². The number of anilines is 3. The minimum Gasteiger partial charge on any atom is -0.456 e. The van der Waals surface area contributed by atoms with Crippen LogP contribution in [0.5, 0.6) is 0 Å². The van der Waals surface area contributed by atoms with E-state index < -0.39 is 0 Å². The Hall–Kier alpha value is -8.72. The number of fused-ring (bicyclic) bond motifs is 3. The largest absolute Gasteiger partial charge is 0.456 e. The maximum absolute atomic E-state index is 6.48. The highest BCUT2D eigenvalue weighted by molar-refractivity contribution is 5.98. The fraction of sp³-hybridized carbons (Fsp3) is 0. The lowest BCUT2D eigenvalue weighted by Crippen LogP contribution is -2.09. The van der Waals surface area contributed by atoms with Gasteiger partial charge in [-0.05, 0) is 132 Å². The molecule has 66 heavy (non-hydrogen) atoms. The van der Waals surface area contributed by atoms with Gasteiger partial charge < -0.3 is 9.32 Å². The van der Waals surface area contributed by atoms with Crippen LogP contribution < -0.4 is 4.90 Å². The van der Waals surface area contributed by atoms with Crippen LogP contribution in [0.15, 0.2) is 265 Å². The van der Waals surface area contributed by atoms with Crippen molar-refractivity contribution in [2.45, 2.75) is 0 Å². The number of hydrogen-bond acceptors (Lipinski definition) is 2. The zero-order chi connectivity index (χ0) is 43.8. The average molecular weight is 842 g/mol. The highest BCUT2D eigenvalue weighted by Gasteiger charge is 2.17. The molecule has 0 fully saturated rings. The van der Waals surface area contributed by atoms with E-state index in [9.17, 15) is 0 Å². The van der Waals surface area contributed by atoms with Gasteiger partial charge in [0.15, 0.2) is 0 Å². The van der Waals surface area contributed by atoms with Gasteiger partial charge in [-0.2, -0.15) is 0 Å². The molecule has 0 aliphatic carbocycles. The zero-order valence-corrected chi connectivity index (χ0v) is 36.2. The van der Waals surface area contributed by atoms with Crippen LogP contribution in [0.3, 0.4) is 0 Å². The summed E-state index contributed by atoms with van der Waals surface area (Å²) in [7, 11) is 0. The van der Waals surface area contributed by atoms with Crippen molar-refractivity contribution in [1.82, 2.24) is 0 Å². The van der Waals surface area contributed by atoms with Crippen LogP contribution in [0.25, 0.3) is 99.5 Å². The van der Waals surface area contributed by atoms with E-state index in [2.05, 4.69) is 254 Å². The van der Waals surface area contributed by atoms with Gasteiger partial charge in [-0.15, -0.1) is 0 Å². The molecule has 0 saturated carbocycles. The SMILES string of the molecule is c1ccc(-c2ccc(-c3ccc(N(c4ccc(-c5ccc(-c6cccc7ccccc67)cc5)cc4)c4ccc(-c5cccc6ccccc56)cc4)cc3)cc2-c2cc3ccccc3o2)cc1. The molecular formula is C64H43NO. The molecule has 0 amide bonds. The lowest BCUT2D eigenvalue weighted by atomic mass is 9.93. The number of hydrogen-bond donors (Lipinski definition) is 0. The highest BCUT2D eigenvalue weighted by Crippen LogP contribution is 2.41. The Kier molecular flexibility index (Phi) is 9.89. The maximum Gasteiger partial charge on any atom is 0.136 e. The first kappa shape index (κ1) is 38.9. The second kappa shape index (κ2) is 16.8. The van der Waals surface area contributed by atoms with Crippen LogP contribution in [0.4, 0.5) is 17.1 Å². The minimum atomic E-state index is 0.857. The summed E-state index contributed by atoms with van der Waals surface area (Å²) in [6, 6.07) is 93.8. The predicted octanol–water partition coefficient (Wildman–Crippen LogP) is 18.2. The first-order valence-electron chi connectivity index (χ1n) is 22.6. The normalized spacial score (nSPS) is 11.3. The van der Waals surface area contributed by atoms with Crippen LogP contribution in [-0.2, 0) is 0 Å². The van der Waals surface area contributed by atoms with Crippen molar-refractivity contribution in [3.8, 4) is 67.0 Å². The molecule has 0 aliphatic rings. The molecule has 310 valence electrons. The Balaban J connectivity index is 0.904. The van der Waals surface area contributed by atoms with Crippen molar-refractivity contribution in [2.24, 2.45) is 0 Å². The molecule has 0 bridgehead atoms. The molecule has 12 aromatic rings. The number of nitrogens with zero attached hydrogens (tertiary/aromatic N) is 1. The van der Waals surface area contributed by atoms with Crippen molar-refractivity contribution in [1.29, 1.82) is 0 Å². The van der Waals surface area contributed by atoms with Crippen molar-refractivity contribution in [2.75, 3.05) is 4.90 Å². The van der Waals surface area contributed by atoms with Gasteiger partial charge in [0.25, 0.3) is 0 Å². The van der Waals surface area contributed by atoms with E-state index in [0.717, 1.165) is 61.6 Å². The topological polar surface area (TPSA) is 16.4 Å². The summed E-state index contributed by atoms with van der Waals surface area (Å²) in [4.78, 5) is 2.35. The molecule has 2 nitrogen and oxygen atoms in total. The molecule has 1 aromatic heterocycles. The van der Waals surface area contributed by atoms with E-state index in [0.29, 0.717) is 0 Å². The van der Waals surface area contributed by atoms with Gasteiger partial charge in [-0.25, -0.2) is 0 Å². The number of rotatable bonds is 9. The molecule has 11 aromatic carbocycles. The van der Waals surface area contributed by atoms with Crippen molar-refractivity contribution in [3.05, 3.63) is 261 Å². The van der Waals surface area contributed by atoms with E-state index >= 15 is 0 Å². The van der Waals surface area contributed by atoms with Crippen molar-refractivity contribution in [3.63, 3.8) is 0 Å². The summed E-state index contributed by atoms with van der Waals surface area (Å²) < 4.78 is 6.48. The number of furan rings is 1. The summed E-state index contributed by atoms with van der Waals surface area (Å²) >= 11 is 0. The fourth-order valence-electron chi connectivity index (χ4n) is 9.55. The Labute approximate surface area is 384 Å². The molecule has 0 spiro atoms. The van der Waals surface area contributed by atoms with E-state index in [1.807, 2.05) is 12.1 Å². The quantitative estimate of drug-likeness (QED) is 0.144. The zero-order valence-electron chi connectivity index (χ0n) is 36.2. The second-order valence-electron chi connectivity index (χ2n) is 16.9. The molecule has 0 N–H and O–H groups in total. The second-order valence-corrected chi connectivity index (χ2v) is 16.9. The lowest BCUT2D eigenvalue weighted by molar-refractivity contribution is 0.632. The number of para-hydroxylation sites is 1. The van der Waals surface area contributed by atoms with Gasteiger partial charge in [0.2, 0.25) is 0 Å². The van der Waals surface area contributed by atoms with E-state index in [1.165, 1.54) is 54.9 Å². The summed E-state index contributed by atoms with van der Waals surface area (Å²) in [6.45, 7) is 0. The average Bonchev–Trinajstić information content (AvgIpc) is 3.84. The van der Waals surface area contributed by atoms with Gasteiger partial charge in [0, 0.05) is 28.0 Å². The Morgan fingerprint density at radius 3 is 1.21 bits per heavy atom. The van der Waals surface area contributed by atoms with Crippen LogP contribution in [0.2, 0.25) is 0 Å². The van der Waals surface area contributed by atoms with Gasteiger partial charge in [-0.3, -0.25) is 0 Å². The third kappa shape index (κ3) is 7.31. The lowest BCUT2D eigenvalue weighted by Gasteiger charge is -2.26. The molecule has 0 aliphatic heterocycles. The minimum absolute atomic E-state index is 0.857. The van der Waals surface area contributed by atoms with Crippen molar-refractivity contribution >= 4 is 49.6 Å². The molecule has 12 rings (SSSR count). The third-order valence-corrected chi connectivity index (χ3v) is 12.9. The molecule has 0 atom stereocenters. The van der Waals surface area contributed by atoms with Crippen molar-refractivity contribution < 1.29 is 4.42 Å². The molecule has 1 heterocycles. The summed E-state index contributed by atoms with van der Waals surface area (Å²) in [6.07, 6.45) is 0. The van der Waals surface area contributed by atoms with E-state index in [-0.39, 0.29) is 0 Å². The Morgan fingerprint density at radius 2 is 0.652 bits per heavy atom. The standard InChI is InChI=1S/C64H43NO/c1-2-12-47(13-3-1)61-41-34-52(42-62(61)64-43-53-16-6-9-23-63(53)66-64)46-30-37-55(38-31-46)65(56-39-32-51(33-40-56)60-22-11-18-49-15-5-8-20-58(49)60)54-35-28-45(29-36-54)44-24-26-50(27-25-44)59-21-10-17-48-14-4-7-19-57(48)59/h1-43H. The van der Waals surface area contributed by atoms with E-state index in [4.69, 9.17) is 4.42 Å². The third-order valence-electron chi connectivity index (χ3n) is 12.9. The summed E-state index contributed by atoms with van der Waals surface area (Å²) in [5.41, 5.74) is 17.0. The maximum atomic E-state index is 6.48. The Morgan fingerprint density at radius 1 is 0.242 bits per heavy atom. The van der Waals surface area contributed by atoms with Crippen LogP contribution in [-0.4, -0.2) is 0 Å². The molecule has 2 heteroatoms. The van der Waals surface area contributed by atoms with Gasteiger partial charge >= 0.3 is 0 Å². The molecule has 0 saturated heterocycles. The highest BCUT2D eigenvalue weighted by atomic mass is 16.3. The van der Waals surface area contributed by atoms with Gasteiger partial charge in [0.05, 0.1) is 0 Å². The fourth-order valence-corrected chi connectivity index (χ4v) is 9.55. The van der Waals surface area contributed by atoms with Gasteiger partial charge in [-0.1, -0.05) is 206 Å². The first-order chi connectivity index (χ1) is 32.7. The molecular weight excluding hydrogens is 799 g/mol. The van der Waals surface area contributed by atoms with Crippen LogP contribution >= 0.6 is 0 Å². The first-order valence-corrected chi connectivity index (χ1v) is 22.6. The molecule has 0 unspecified atom stereocenters.